The Labute approximate surface area is 113 Å². The molecule has 0 aliphatic rings. The SMILES string of the molecule is CNc1nccc(-c2ccc(C(C)C)cc2OC)n1. The number of benzene rings is 1. The van der Waals surface area contributed by atoms with Gasteiger partial charge in [-0.2, -0.15) is 0 Å². The minimum Gasteiger partial charge on any atom is -0.496 e. The molecule has 1 aromatic carbocycles. The van der Waals surface area contributed by atoms with Gasteiger partial charge in [0.25, 0.3) is 0 Å². The molecule has 4 nitrogen and oxygen atoms in total. The molecule has 0 radical (unpaired) electrons. The fraction of sp³-hybridized carbons (Fsp3) is 0.333. The van der Waals surface area contributed by atoms with E-state index in [0.717, 1.165) is 17.0 Å². The number of hydrogen-bond acceptors (Lipinski definition) is 4. The van der Waals surface area contributed by atoms with E-state index >= 15 is 0 Å². The van der Waals surface area contributed by atoms with E-state index in [2.05, 4.69) is 47.3 Å². The Hall–Kier alpha value is -2.10. The maximum Gasteiger partial charge on any atom is 0.222 e. The first kappa shape index (κ1) is 13.3. The van der Waals surface area contributed by atoms with Crippen molar-refractivity contribution in [3.8, 4) is 17.0 Å². The first-order valence-corrected chi connectivity index (χ1v) is 6.34. The highest BCUT2D eigenvalue weighted by atomic mass is 16.5. The molecule has 2 aromatic rings. The molecule has 4 heteroatoms. The quantitative estimate of drug-likeness (QED) is 0.912. The highest BCUT2D eigenvalue weighted by Gasteiger charge is 2.10. The van der Waals surface area contributed by atoms with Crippen LogP contribution in [0.1, 0.15) is 25.3 Å². The van der Waals surface area contributed by atoms with Gasteiger partial charge in [-0.3, -0.25) is 0 Å². The van der Waals surface area contributed by atoms with Gasteiger partial charge < -0.3 is 10.1 Å². The van der Waals surface area contributed by atoms with Crippen LogP contribution in [-0.4, -0.2) is 24.1 Å². The van der Waals surface area contributed by atoms with Crippen LogP contribution in [0.5, 0.6) is 5.75 Å². The smallest absolute Gasteiger partial charge is 0.222 e. The fourth-order valence-electron chi connectivity index (χ4n) is 1.91. The average Bonchev–Trinajstić information content (AvgIpc) is 2.46. The summed E-state index contributed by atoms with van der Waals surface area (Å²) in [4.78, 5) is 8.56. The molecular formula is C15H19N3O. The third-order valence-corrected chi connectivity index (χ3v) is 3.05. The standard InChI is InChI=1S/C15H19N3O/c1-10(2)11-5-6-12(14(9-11)19-4)13-7-8-17-15(16-3)18-13/h5-10H,1-4H3,(H,16,17,18). The Balaban J connectivity index is 2.49. The van der Waals surface area contributed by atoms with E-state index in [4.69, 9.17) is 4.74 Å². The van der Waals surface area contributed by atoms with Crippen LogP contribution in [0.3, 0.4) is 0 Å². The topological polar surface area (TPSA) is 47.0 Å². The summed E-state index contributed by atoms with van der Waals surface area (Å²) in [6.45, 7) is 4.33. The van der Waals surface area contributed by atoms with Crippen molar-refractivity contribution in [3.63, 3.8) is 0 Å². The molecule has 0 saturated heterocycles. The molecular weight excluding hydrogens is 238 g/mol. The average molecular weight is 257 g/mol. The van der Waals surface area contributed by atoms with Crippen molar-refractivity contribution >= 4 is 5.95 Å². The lowest BCUT2D eigenvalue weighted by atomic mass is 10.00. The van der Waals surface area contributed by atoms with E-state index in [9.17, 15) is 0 Å². The lowest BCUT2D eigenvalue weighted by Crippen LogP contribution is -1.98. The molecule has 0 unspecified atom stereocenters. The predicted octanol–water partition coefficient (Wildman–Crippen LogP) is 3.32. The number of hydrogen-bond donors (Lipinski definition) is 1. The van der Waals surface area contributed by atoms with Crippen LogP contribution in [0.4, 0.5) is 5.95 Å². The predicted molar refractivity (Wildman–Crippen MR) is 77.7 cm³/mol. The molecule has 1 aromatic heterocycles. The molecule has 0 fully saturated rings. The molecule has 100 valence electrons. The normalized spacial score (nSPS) is 10.6. The van der Waals surface area contributed by atoms with Gasteiger partial charge in [0.1, 0.15) is 5.75 Å². The van der Waals surface area contributed by atoms with Crippen molar-refractivity contribution in [2.24, 2.45) is 0 Å². The van der Waals surface area contributed by atoms with E-state index in [0.29, 0.717) is 11.9 Å². The molecule has 2 rings (SSSR count). The second-order valence-electron chi connectivity index (χ2n) is 4.63. The number of rotatable bonds is 4. The molecule has 1 N–H and O–H groups in total. The Morgan fingerprint density at radius 3 is 2.63 bits per heavy atom. The summed E-state index contributed by atoms with van der Waals surface area (Å²) in [5.74, 6) is 1.92. The number of methoxy groups -OCH3 is 1. The second-order valence-corrected chi connectivity index (χ2v) is 4.63. The van der Waals surface area contributed by atoms with E-state index in [1.807, 2.05) is 6.07 Å². The summed E-state index contributed by atoms with van der Waals surface area (Å²) < 4.78 is 5.48. The number of nitrogens with one attached hydrogen (secondary N) is 1. The fourth-order valence-corrected chi connectivity index (χ4v) is 1.91. The number of anilines is 1. The molecule has 0 aliphatic heterocycles. The van der Waals surface area contributed by atoms with Crippen molar-refractivity contribution in [3.05, 3.63) is 36.0 Å². The Morgan fingerprint density at radius 1 is 1.21 bits per heavy atom. The maximum absolute atomic E-state index is 5.48. The molecule has 0 saturated carbocycles. The van der Waals surface area contributed by atoms with Gasteiger partial charge in [0.05, 0.1) is 12.8 Å². The van der Waals surface area contributed by atoms with Gasteiger partial charge in [-0.15, -0.1) is 0 Å². The van der Waals surface area contributed by atoms with Gasteiger partial charge >= 0.3 is 0 Å². The first-order valence-electron chi connectivity index (χ1n) is 6.34. The second kappa shape index (κ2) is 5.69. The zero-order chi connectivity index (χ0) is 13.8. The van der Waals surface area contributed by atoms with Gasteiger partial charge in [-0.25, -0.2) is 9.97 Å². The van der Waals surface area contributed by atoms with E-state index in [-0.39, 0.29) is 0 Å². The van der Waals surface area contributed by atoms with E-state index in [1.165, 1.54) is 5.56 Å². The highest BCUT2D eigenvalue weighted by Crippen LogP contribution is 2.31. The Kier molecular flexibility index (Phi) is 4.00. The summed E-state index contributed by atoms with van der Waals surface area (Å²) in [6.07, 6.45) is 1.74. The van der Waals surface area contributed by atoms with Crippen molar-refractivity contribution in [2.45, 2.75) is 19.8 Å². The van der Waals surface area contributed by atoms with Crippen LogP contribution in [0.25, 0.3) is 11.3 Å². The van der Waals surface area contributed by atoms with Gasteiger partial charge in [-0.05, 0) is 29.7 Å². The molecule has 0 atom stereocenters. The molecule has 1 heterocycles. The molecule has 0 aliphatic carbocycles. The number of nitrogens with zero attached hydrogens (tertiary/aromatic N) is 2. The summed E-state index contributed by atoms with van der Waals surface area (Å²) in [5, 5.41) is 2.94. The van der Waals surface area contributed by atoms with Crippen LogP contribution in [0.15, 0.2) is 30.5 Å². The van der Waals surface area contributed by atoms with Crippen LogP contribution >= 0.6 is 0 Å². The number of ether oxygens (including phenoxy) is 1. The van der Waals surface area contributed by atoms with Crippen LogP contribution in [0, 0.1) is 0 Å². The van der Waals surface area contributed by atoms with Crippen molar-refractivity contribution in [2.75, 3.05) is 19.5 Å². The lowest BCUT2D eigenvalue weighted by Gasteiger charge is -2.12. The highest BCUT2D eigenvalue weighted by molar-refractivity contribution is 5.68. The maximum atomic E-state index is 5.48. The largest absolute Gasteiger partial charge is 0.496 e. The van der Waals surface area contributed by atoms with Gasteiger partial charge in [0, 0.05) is 18.8 Å². The zero-order valence-electron chi connectivity index (χ0n) is 11.8. The summed E-state index contributed by atoms with van der Waals surface area (Å²) >= 11 is 0. The van der Waals surface area contributed by atoms with Crippen LogP contribution in [0.2, 0.25) is 0 Å². The van der Waals surface area contributed by atoms with E-state index in [1.54, 1.807) is 20.4 Å². The summed E-state index contributed by atoms with van der Waals surface area (Å²) in [7, 11) is 3.49. The zero-order valence-corrected chi connectivity index (χ0v) is 11.8. The number of aromatic nitrogens is 2. The molecule has 0 amide bonds. The molecule has 19 heavy (non-hydrogen) atoms. The van der Waals surface area contributed by atoms with Gasteiger partial charge in [0.15, 0.2) is 0 Å². The van der Waals surface area contributed by atoms with Crippen molar-refractivity contribution in [1.29, 1.82) is 0 Å². The lowest BCUT2D eigenvalue weighted by molar-refractivity contribution is 0.415. The van der Waals surface area contributed by atoms with Crippen molar-refractivity contribution in [1.82, 2.24) is 9.97 Å². The minimum absolute atomic E-state index is 0.473. The Morgan fingerprint density at radius 2 is 2.00 bits per heavy atom. The minimum atomic E-state index is 0.473. The van der Waals surface area contributed by atoms with Crippen LogP contribution < -0.4 is 10.1 Å². The van der Waals surface area contributed by atoms with E-state index < -0.39 is 0 Å². The summed E-state index contributed by atoms with van der Waals surface area (Å²) in [5.41, 5.74) is 3.08. The molecule has 0 bridgehead atoms. The van der Waals surface area contributed by atoms with Gasteiger partial charge in [-0.1, -0.05) is 19.9 Å². The van der Waals surface area contributed by atoms with Crippen molar-refractivity contribution < 1.29 is 4.74 Å². The van der Waals surface area contributed by atoms with Gasteiger partial charge in [0.2, 0.25) is 5.95 Å². The monoisotopic (exact) mass is 257 g/mol. The van der Waals surface area contributed by atoms with Crippen LogP contribution in [-0.2, 0) is 0 Å². The molecule has 0 spiro atoms. The summed E-state index contributed by atoms with van der Waals surface area (Å²) in [6, 6.07) is 8.12. The first-order chi connectivity index (χ1) is 9.15. The third-order valence-electron chi connectivity index (χ3n) is 3.05. The third kappa shape index (κ3) is 2.84. The Bertz CT molecular complexity index is 567.